The molecule has 1 aliphatic rings. The molecule has 2 amide bonds. The van der Waals surface area contributed by atoms with Crippen molar-refractivity contribution in [3.8, 4) is 5.88 Å². The van der Waals surface area contributed by atoms with Crippen molar-refractivity contribution in [3.63, 3.8) is 0 Å². The van der Waals surface area contributed by atoms with Gasteiger partial charge < -0.3 is 25.6 Å². The number of anilines is 1. The van der Waals surface area contributed by atoms with E-state index in [1.54, 1.807) is 18.2 Å². The molecule has 0 aliphatic heterocycles. The summed E-state index contributed by atoms with van der Waals surface area (Å²) >= 11 is 0. The highest BCUT2D eigenvalue weighted by atomic mass is 16.5. The van der Waals surface area contributed by atoms with Crippen LogP contribution in [0.5, 0.6) is 5.88 Å². The molecule has 2 aromatic heterocycles. The normalized spacial score (nSPS) is 22.6. The van der Waals surface area contributed by atoms with E-state index in [9.17, 15) is 14.7 Å². The van der Waals surface area contributed by atoms with Gasteiger partial charge in [0.1, 0.15) is 11.1 Å². The summed E-state index contributed by atoms with van der Waals surface area (Å²) in [6, 6.07) is 4.92. The van der Waals surface area contributed by atoms with E-state index in [-0.39, 0.29) is 6.42 Å². The molecule has 2 atom stereocenters. The Hall–Kier alpha value is -2.94. The van der Waals surface area contributed by atoms with Crippen molar-refractivity contribution in [2.75, 3.05) is 12.4 Å². The summed E-state index contributed by atoms with van der Waals surface area (Å²) in [5.41, 5.74) is -0.273. The maximum absolute atomic E-state index is 13.0. The van der Waals surface area contributed by atoms with Crippen LogP contribution in [0.3, 0.4) is 0 Å². The Morgan fingerprint density at radius 1 is 1.31 bits per heavy atom. The van der Waals surface area contributed by atoms with Crippen LogP contribution in [0.25, 0.3) is 11.0 Å². The summed E-state index contributed by atoms with van der Waals surface area (Å²) in [6.45, 7) is 0. The fourth-order valence-corrected chi connectivity index (χ4v) is 3.27. The maximum Gasteiger partial charge on any atom is 0.405 e. The second-order valence-corrected chi connectivity index (χ2v) is 6.20. The zero-order valence-corrected chi connectivity index (χ0v) is 14.2. The van der Waals surface area contributed by atoms with Gasteiger partial charge in [-0.1, -0.05) is 12.8 Å². The predicted octanol–water partition coefficient (Wildman–Crippen LogP) is 1.52. The first kappa shape index (κ1) is 17.9. The number of ether oxygens (including phenoxy) is 1. The van der Waals surface area contributed by atoms with Crippen molar-refractivity contribution in [2.24, 2.45) is 0 Å². The highest BCUT2D eigenvalue weighted by molar-refractivity contribution is 6.05. The molecule has 0 spiro atoms. The number of hydrogen-bond acceptors (Lipinski definition) is 6. The van der Waals surface area contributed by atoms with E-state index in [1.165, 1.54) is 13.3 Å². The van der Waals surface area contributed by atoms with E-state index < -0.39 is 23.6 Å². The van der Waals surface area contributed by atoms with Crippen molar-refractivity contribution in [1.82, 2.24) is 15.3 Å². The quantitative estimate of drug-likeness (QED) is 0.649. The molecule has 0 bridgehead atoms. The summed E-state index contributed by atoms with van der Waals surface area (Å²) < 4.78 is 5.11. The summed E-state index contributed by atoms with van der Waals surface area (Å²) in [5.74, 6) is -0.263. The number of carbonyl (C=O) groups excluding carboxylic acids is 1. The molecule has 1 saturated carbocycles. The molecule has 0 radical (unpaired) electrons. The van der Waals surface area contributed by atoms with E-state index in [1.807, 2.05) is 0 Å². The second kappa shape index (κ2) is 7.12. The van der Waals surface area contributed by atoms with Gasteiger partial charge in [0.05, 0.1) is 24.4 Å². The molecule has 0 saturated heterocycles. The van der Waals surface area contributed by atoms with Gasteiger partial charge in [-0.2, -0.15) is 0 Å². The lowest BCUT2D eigenvalue weighted by Crippen LogP contribution is -2.64. The number of aromatic nitrogens is 2. The van der Waals surface area contributed by atoms with Crippen LogP contribution in [0, 0.1) is 0 Å². The van der Waals surface area contributed by atoms with Gasteiger partial charge in [0.25, 0.3) is 5.91 Å². The number of amides is 2. The molecule has 1 fully saturated rings. The minimum absolute atomic E-state index is 0.214. The fraction of sp³-hybridized carbons (Fsp3) is 0.412. The summed E-state index contributed by atoms with van der Waals surface area (Å²) in [4.78, 5) is 32.7. The molecule has 138 valence electrons. The van der Waals surface area contributed by atoms with Gasteiger partial charge in [0.2, 0.25) is 5.88 Å². The van der Waals surface area contributed by atoms with E-state index in [2.05, 4.69) is 20.6 Å². The number of hydrogen-bond donors (Lipinski definition) is 4. The van der Waals surface area contributed by atoms with Gasteiger partial charge in [-0.25, -0.2) is 9.78 Å². The minimum atomic E-state index is -1.60. The molecule has 26 heavy (non-hydrogen) atoms. The lowest BCUT2D eigenvalue weighted by atomic mass is 9.78. The molecular weight excluding hydrogens is 340 g/mol. The number of fused-ring (bicyclic) bond motifs is 1. The van der Waals surface area contributed by atoms with Crippen LogP contribution in [0.1, 0.15) is 25.7 Å². The van der Waals surface area contributed by atoms with E-state index in [4.69, 9.17) is 9.84 Å². The van der Waals surface area contributed by atoms with Crippen LogP contribution in [-0.4, -0.2) is 50.9 Å². The summed E-state index contributed by atoms with van der Waals surface area (Å²) in [6.07, 6.45) is 0.967. The van der Waals surface area contributed by atoms with E-state index in [0.717, 1.165) is 6.42 Å². The number of carbonyl (C=O) groups is 2. The first-order valence-electron chi connectivity index (χ1n) is 8.26. The number of rotatable bonds is 4. The SMILES string of the molecule is COc1ccc2nccc(NC(=O)[C@@]3(NC(=O)O)CCCC[C@H]3O)c2n1. The topological polar surface area (TPSA) is 134 Å². The third kappa shape index (κ3) is 3.25. The molecular formula is C17H20N4O5. The van der Waals surface area contributed by atoms with Crippen LogP contribution >= 0.6 is 0 Å². The number of nitrogens with one attached hydrogen (secondary N) is 2. The molecule has 9 heteroatoms. The van der Waals surface area contributed by atoms with Gasteiger partial charge in [-0.15, -0.1) is 0 Å². The van der Waals surface area contributed by atoms with Crippen molar-refractivity contribution in [3.05, 3.63) is 24.4 Å². The zero-order valence-electron chi connectivity index (χ0n) is 14.2. The lowest BCUT2D eigenvalue weighted by Gasteiger charge is -2.39. The number of pyridine rings is 2. The molecule has 2 heterocycles. The zero-order chi connectivity index (χ0) is 18.7. The Morgan fingerprint density at radius 3 is 2.81 bits per heavy atom. The Morgan fingerprint density at radius 2 is 2.12 bits per heavy atom. The number of aliphatic hydroxyl groups is 1. The first-order chi connectivity index (χ1) is 12.5. The van der Waals surface area contributed by atoms with Crippen LogP contribution in [0.4, 0.5) is 10.5 Å². The molecule has 4 N–H and O–H groups in total. The number of carboxylic acid groups (broad SMARTS) is 1. The lowest BCUT2D eigenvalue weighted by molar-refractivity contribution is -0.129. The van der Waals surface area contributed by atoms with Gasteiger partial charge >= 0.3 is 6.09 Å². The first-order valence-corrected chi connectivity index (χ1v) is 8.26. The molecule has 0 unspecified atom stereocenters. The van der Waals surface area contributed by atoms with Crippen molar-refractivity contribution in [1.29, 1.82) is 0 Å². The molecule has 9 nitrogen and oxygen atoms in total. The van der Waals surface area contributed by atoms with E-state index >= 15 is 0 Å². The summed E-state index contributed by atoms with van der Waals surface area (Å²) in [5, 5.41) is 24.5. The molecule has 3 rings (SSSR count). The van der Waals surface area contributed by atoms with Gasteiger partial charge in [-0.3, -0.25) is 9.78 Å². The Kier molecular flexibility index (Phi) is 4.90. The smallest absolute Gasteiger partial charge is 0.405 e. The highest BCUT2D eigenvalue weighted by Gasteiger charge is 2.48. The average molecular weight is 360 g/mol. The minimum Gasteiger partial charge on any atom is -0.481 e. The van der Waals surface area contributed by atoms with Crippen LogP contribution < -0.4 is 15.4 Å². The molecule has 1 aliphatic carbocycles. The largest absolute Gasteiger partial charge is 0.481 e. The van der Waals surface area contributed by atoms with Crippen LogP contribution in [0.15, 0.2) is 24.4 Å². The Labute approximate surface area is 149 Å². The summed E-state index contributed by atoms with van der Waals surface area (Å²) in [7, 11) is 1.48. The van der Waals surface area contributed by atoms with Gasteiger partial charge in [-0.05, 0) is 25.0 Å². The van der Waals surface area contributed by atoms with Crippen LogP contribution in [0.2, 0.25) is 0 Å². The Balaban J connectivity index is 1.97. The van der Waals surface area contributed by atoms with Gasteiger partial charge in [0, 0.05) is 12.3 Å². The Bertz CT molecular complexity index is 843. The van der Waals surface area contributed by atoms with Crippen molar-refractivity contribution >= 4 is 28.7 Å². The van der Waals surface area contributed by atoms with Gasteiger partial charge in [0.15, 0.2) is 0 Å². The standard InChI is InChI=1S/C17H20N4O5/c1-26-13-6-5-10-14(20-13)11(7-9-18-10)19-15(23)17(21-16(24)25)8-3-2-4-12(17)22/h5-7,9,12,21-22H,2-4,8H2,1H3,(H,24,25)(H,18,19,23)/t12-,17-/m1/s1. The second-order valence-electron chi connectivity index (χ2n) is 6.20. The number of methoxy groups -OCH3 is 1. The number of nitrogens with zero attached hydrogens (tertiary/aromatic N) is 2. The van der Waals surface area contributed by atoms with Crippen LogP contribution in [-0.2, 0) is 4.79 Å². The monoisotopic (exact) mass is 360 g/mol. The maximum atomic E-state index is 13.0. The third-order valence-corrected chi connectivity index (χ3v) is 4.62. The third-order valence-electron chi connectivity index (χ3n) is 4.62. The van der Waals surface area contributed by atoms with E-state index in [0.29, 0.717) is 35.4 Å². The van der Waals surface area contributed by atoms with Crippen molar-refractivity contribution < 1.29 is 24.5 Å². The number of aliphatic hydroxyl groups excluding tert-OH is 1. The molecule has 0 aromatic carbocycles. The average Bonchev–Trinajstić information content (AvgIpc) is 2.63. The highest BCUT2D eigenvalue weighted by Crippen LogP contribution is 2.31. The predicted molar refractivity (Wildman–Crippen MR) is 93.1 cm³/mol. The molecule has 2 aromatic rings. The fourth-order valence-electron chi connectivity index (χ4n) is 3.27. The van der Waals surface area contributed by atoms with Crippen molar-refractivity contribution in [2.45, 2.75) is 37.3 Å².